The fourth-order valence-electron chi connectivity index (χ4n) is 2.36. The third kappa shape index (κ3) is 6.42. The second-order valence-corrected chi connectivity index (χ2v) is 5.32. The highest BCUT2D eigenvalue weighted by Gasteiger charge is 2.18. The number of rotatable bonds is 10. The minimum Gasteiger partial charge on any atom is -0.315 e. The Labute approximate surface area is 109 Å². The first-order chi connectivity index (χ1) is 8.12. The van der Waals surface area contributed by atoms with Gasteiger partial charge in [0.2, 0.25) is 0 Å². The van der Waals surface area contributed by atoms with Crippen molar-refractivity contribution in [2.75, 3.05) is 26.7 Å². The van der Waals surface area contributed by atoms with Gasteiger partial charge in [-0.1, -0.05) is 53.9 Å². The van der Waals surface area contributed by atoms with Crippen LogP contribution in [0.15, 0.2) is 0 Å². The van der Waals surface area contributed by atoms with E-state index in [4.69, 9.17) is 0 Å². The molecule has 0 aliphatic carbocycles. The summed E-state index contributed by atoms with van der Waals surface area (Å²) in [5.41, 5.74) is 0. The molecule has 0 amide bonds. The fraction of sp³-hybridized carbons (Fsp3) is 1.00. The molecule has 2 atom stereocenters. The average Bonchev–Trinajstić information content (AvgIpc) is 2.38. The van der Waals surface area contributed by atoms with Crippen LogP contribution < -0.4 is 5.32 Å². The van der Waals surface area contributed by atoms with Gasteiger partial charge in [-0.15, -0.1) is 0 Å². The Bertz CT molecular complexity index is 166. The zero-order valence-corrected chi connectivity index (χ0v) is 12.9. The monoisotopic (exact) mass is 242 g/mol. The van der Waals surface area contributed by atoms with Gasteiger partial charge in [-0.2, -0.15) is 0 Å². The second-order valence-electron chi connectivity index (χ2n) is 5.32. The number of nitrogens with zero attached hydrogens (tertiary/aromatic N) is 1. The maximum absolute atomic E-state index is 3.49. The molecule has 1 N–H and O–H groups in total. The molecule has 0 fully saturated rings. The van der Waals surface area contributed by atoms with E-state index in [-0.39, 0.29) is 0 Å². The van der Waals surface area contributed by atoms with Gasteiger partial charge in [-0.05, 0) is 25.4 Å². The summed E-state index contributed by atoms with van der Waals surface area (Å²) >= 11 is 0. The Hall–Kier alpha value is -0.0800. The molecule has 0 aromatic rings. The van der Waals surface area contributed by atoms with Crippen LogP contribution in [0.4, 0.5) is 0 Å². The molecule has 0 rings (SSSR count). The van der Waals surface area contributed by atoms with Crippen LogP contribution in [0.5, 0.6) is 0 Å². The lowest BCUT2D eigenvalue weighted by molar-refractivity contribution is 0.192. The molecule has 104 valence electrons. The molecule has 0 spiro atoms. The van der Waals surface area contributed by atoms with Gasteiger partial charge in [-0.25, -0.2) is 0 Å². The molecule has 2 unspecified atom stereocenters. The van der Waals surface area contributed by atoms with Crippen LogP contribution in [0.1, 0.15) is 53.9 Å². The summed E-state index contributed by atoms with van der Waals surface area (Å²) in [4.78, 5) is 2.62. The summed E-state index contributed by atoms with van der Waals surface area (Å²) in [5, 5.41) is 3.49. The summed E-state index contributed by atoms with van der Waals surface area (Å²) in [6.07, 6.45) is 3.87. The first-order valence-electron chi connectivity index (χ1n) is 7.52. The predicted molar refractivity (Wildman–Crippen MR) is 78.5 cm³/mol. The summed E-state index contributed by atoms with van der Waals surface area (Å²) in [7, 11) is 2.10. The van der Waals surface area contributed by atoms with Crippen molar-refractivity contribution in [1.82, 2.24) is 10.2 Å². The maximum Gasteiger partial charge on any atom is 0.0217 e. The van der Waals surface area contributed by atoms with E-state index < -0.39 is 0 Å². The van der Waals surface area contributed by atoms with E-state index in [1.807, 2.05) is 0 Å². The summed E-state index contributed by atoms with van der Waals surface area (Å²) < 4.78 is 0. The summed E-state index contributed by atoms with van der Waals surface area (Å²) in [6.45, 7) is 15.2. The molecule has 0 saturated carbocycles. The quantitative estimate of drug-likeness (QED) is 0.632. The van der Waals surface area contributed by atoms with Gasteiger partial charge in [0.25, 0.3) is 0 Å². The molecule has 0 saturated heterocycles. The van der Waals surface area contributed by atoms with Crippen LogP contribution in [-0.4, -0.2) is 37.6 Å². The van der Waals surface area contributed by atoms with Crippen LogP contribution in [0, 0.1) is 11.8 Å². The molecule has 0 radical (unpaired) electrons. The minimum absolute atomic E-state index is 0.634. The first-order valence-corrected chi connectivity index (χ1v) is 7.52. The normalized spacial score (nSPS) is 15.5. The Morgan fingerprint density at radius 2 is 1.53 bits per heavy atom. The zero-order valence-electron chi connectivity index (χ0n) is 12.9. The van der Waals surface area contributed by atoms with Crippen LogP contribution >= 0.6 is 0 Å². The molecule has 0 aliphatic heterocycles. The number of likely N-dealkylation sites (N-methyl/N-ethyl adjacent to an activating group) is 2. The molecule has 0 aromatic heterocycles. The Morgan fingerprint density at radius 3 is 1.88 bits per heavy atom. The molecule has 0 aliphatic rings. The summed E-state index contributed by atoms with van der Waals surface area (Å²) in [5.74, 6) is 1.63. The standard InChI is InChI=1S/C15H34N2/c1-7-13(5)15(16-6)12-17(10-4)11-14(8-2)9-3/h13-16H,7-12H2,1-6H3. The molecule has 2 nitrogen and oxygen atoms in total. The van der Waals surface area contributed by atoms with Crippen LogP contribution in [0.2, 0.25) is 0 Å². The van der Waals surface area contributed by atoms with Gasteiger partial charge in [0.05, 0.1) is 0 Å². The van der Waals surface area contributed by atoms with Crippen molar-refractivity contribution in [3.63, 3.8) is 0 Å². The van der Waals surface area contributed by atoms with Gasteiger partial charge in [-0.3, -0.25) is 0 Å². The highest BCUT2D eigenvalue weighted by Crippen LogP contribution is 2.13. The van der Waals surface area contributed by atoms with E-state index in [1.165, 1.54) is 38.9 Å². The topological polar surface area (TPSA) is 15.3 Å². The first kappa shape index (κ1) is 16.9. The van der Waals surface area contributed by atoms with Crippen molar-refractivity contribution in [2.45, 2.75) is 59.9 Å². The van der Waals surface area contributed by atoms with E-state index in [1.54, 1.807) is 0 Å². The van der Waals surface area contributed by atoms with E-state index in [2.05, 4.69) is 51.9 Å². The lowest BCUT2D eigenvalue weighted by Gasteiger charge is -2.31. The van der Waals surface area contributed by atoms with Gasteiger partial charge >= 0.3 is 0 Å². The van der Waals surface area contributed by atoms with Crippen LogP contribution in [0.25, 0.3) is 0 Å². The Kier molecular flexibility index (Phi) is 9.85. The Balaban J connectivity index is 4.25. The molecule has 2 heteroatoms. The smallest absolute Gasteiger partial charge is 0.0217 e. The third-order valence-corrected chi connectivity index (χ3v) is 4.27. The van der Waals surface area contributed by atoms with Gasteiger partial charge in [0, 0.05) is 19.1 Å². The molecule has 0 heterocycles. The van der Waals surface area contributed by atoms with Crippen molar-refractivity contribution in [2.24, 2.45) is 11.8 Å². The minimum atomic E-state index is 0.634. The molecule has 0 bridgehead atoms. The van der Waals surface area contributed by atoms with E-state index in [0.29, 0.717) is 6.04 Å². The third-order valence-electron chi connectivity index (χ3n) is 4.27. The van der Waals surface area contributed by atoms with Crippen LogP contribution in [-0.2, 0) is 0 Å². The number of hydrogen-bond acceptors (Lipinski definition) is 2. The summed E-state index contributed by atoms with van der Waals surface area (Å²) in [6, 6.07) is 0.634. The lowest BCUT2D eigenvalue weighted by Crippen LogP contribution is -2.44. The van der Waals surface area contributed by atoms with Crippen molar-refractivity contribution in [1.29, 1.82) is 0 Å². The maximum atomic E-state index is 3.49. The highest BCUT2D eigenvalue weighted by atomic mass is 15.1. The highest BCUT2D eigenvalue weighted by molar-refractivity contribution is 4.76. The second kappa shape index (κ2) is 9.90. The number of nitrogens with one attached hydrogen (secondary N) is 1. The SMILES string of the molecule is CCC(CC)CN(CC)CC(NC)C(C)CC. The van der Waals surface area contributed by atoms with Gasteiger partial charge in [0.15, 0.2) is 0 Å². The van der Waals surface area contributed by atoms with Crippen molar-refractivity contribution in [3.05, 3.63) is 0 Å². The van der Waals surface area contributed by atoms with Crippen molar-refractivity contribution >= 4 is 0 Å². The molecular formula is C15H34N2. The van der Waals surface area contributed by atoms with Gasteiger partial charge < -0.3 is 10.2 Å². The van der Waals surface area contributed by atoms with Crippen molar-refractivity contribution < 1.29 is 0 Å². The van der Waals surface area contributed by atoms with E-state index in [9.17, 15) is 0 Å². The molecular weight excluding hydrogens is 208 g/mol. The van der Waals surface area contributed by atoms with E-state index in [0.717, 1.165) is 11.8 Å². The molecule has 0 aromatic carbocycles. The van der Waals surface area contributed by atoms with Crippen molar-refractivity contribution in [3.8, 4) is 0 Å². The predicted octanol–water partition coefficient (Wildman–Crippen LogP) is 3.38. The lowest BCUT2D eigenvalue weighted by atomic mass is 9.97. The Morgan fingerprint density at radius 1 is 0.941 bits per heavy atom. The number of hydrogen-bond donors (Lipinski definition) is 1. The van der Waals surface area contributed by atoms with Gasteiger partial charge in [0.1, 0.15) is 0 Å². The average molecular weight is 242 g/mol. The van der Waals surface area contributed by atoms with Crippen LogP contribution in [0.3, 0.4) is 0 Å². The fourth-order valence-corrected chi connectivity index (χ4v) is 2.36. The van der Waals surface area contributed by atoms with E-state index >= 15 is 0 Å². The molecule has 17 heavy (non-hydrogen) atoms. The zero-order chi connectivity index (χ0) is 13.3. The largest absolute Gasteiger partial charge is 0.315 e.